The van der Waals surface area contributed by atoms with Crippen LogP contribution in [0.15, 0.2) is 119 Å². The highest BCUT2D eigenvalue weighted by Gasteiger charge is 2.18. The summed E-state index contributed by atoms with van der Waals surface area (Å²) in [6.45, 7) is 0.184. The molecule has 0 unspecified atom stereocenters. The molecule has 0 bridgehead atoms. The Kier molecular flexibility index (Phi) is 9.18. The van der Waals surface area contributed by atoms with E-state index in [0.717, 1.165) is 20.8 Å². The number of hydrogen-bond donors (Lipinski definition) is 3. The SMILES string of the molecule is O=C(NN=Cc1c(OCc2ccc(F)cc2)ccc2ccccc12)C(=O)Nc1ccccc1C(=O)Nc1ccc(Br)cc1. The summed E-state index contributed by atoms with van der Waals surface area (Å²) in [4.78, 5) is 38.2. The molecule has 5 aromatic carbocycles. The van der Waals surface area contributed by atoms with Crippen LogP contribution in [0.2, 0.25) is 0 Å². The Hall–Kier alpha value is -5.35. The molecule has 0 fully saturated rings. The fourth-order valence-electron chi connectivity index (χ4n) is 4.18. The number of hydrazone groups is 1. The first kappa shape index (κ1) is 29.2. The number of hydrogen-bond acceptors (Lipinski definition) is 5. The Labute approximate surface area is 254 Å². The van der Waals surface area contributed by atoms with Crippen LogP contribution in [0.1, 0.15) is 21.5 Å². The maximum absolute atomic E-state index is 13.3. The molecule has 3 amide bonds. The quantitative estimate of drug-likeness (QED) is 0.100. The van der Waals surface area contributed by atoms with Crippen LogP contribution in [0.4, 0.5) is 15.8 Å². The van der Waals surface area contributed by atoms with Crippen LogP contribution in [0, 0.1) is 5.82 Å². The number of carbonyl (C=O) groups excluding carboxylic acids is 3. The second-order valence-corrected chi connectivity index (χ2v) is 10.2. The number of ether oxygens (including phenoxy) is 1. The van der Waals surface area contributed by atoms with Crippen molar-refractivity contribution in [2.75, 3.05) is 10.6 Å². The van der Waals surface area contributed by atoms with Crippen LogP contribution in [-0.2, 0) is 16.2 Å². The third-order valence-electron chi connectivity index (χ3n) is 6.33. The van der Waals surface area contributed by atoms with Crippen molar-refractivity contribution < 1.29 is 23.5 Å². The van der Waals surface area contributed by atoms with Gasteiger partial charge in [0.05, 0.1) is 17.5 Å². The highest BCUT2D eigenvalue weighted by Crippen LogP contribution is 2.27. The second kappa shape index (κ2) is 13.5. The Balaban J connectivity index is 1.27. The molecule has 0 heterocycles. The van der Waals surface area contributed by atoms with Crippen molar-refractivity contribution in [1.82, 2.24) is 5.43 Å². The van der Waals surface area contributed by atoms with Crippen molar-refractivity contribution in [1.29, 1.82) is 0 Å². The maximum Gasteiger partial charge on any atom is 0.329 e. The topological polar surface area (TPSA) is 109 Å². The Morgan fingerprint density at radius 2 is 1.51 bits per heavy atom. The zero-order chi connectivity index (χ0) is 30.2. The Bertz CT molecular complexity index is 1830. The van der Waals surface area contributed by atoms with E-state index >= 15 is 0 Å². The minimum absolute atomic E-state index is 0.159. The smallest absolute Gasteiger partial charge is 0.329 e. The van der Waals surface area contributed by atoms with Gasteiger partial charge in [-0.1, -0.05) is 70.5 Å². The largest absolute Gasteiger partial charge is 0.488 e. The molecule has 214 valence electrons. The summed E-state index contributed by atoms with van der Waals surface area (Å²) in [5.74, 6) is -2.35. The van der Waals surface area contributed by atoms with Gasteiger partial charge < -0.3 is 15.4 Å². The Morgan fingerprint density at radius 3 is 2.30 bits per heavy atom. The molecule has 43 heavy (non-hydrogen) atoms. The molecule has 10 heteroatoms. The Morgan fingerprint density at radius 1 is 0.791 bits per heavy atom. The predicted octanol–water partition coefficient (Wildman–Crippen LogP) is 6.66. The number of benzene rings is 5. The molecular weight excluding hydrogens is 615 g/mol. The lowest BCUT2D eigenvalue weighted by atomic mass is 10.0. The first-order valence-electron chi connectivity index (χ1n) is 13.1. The van der Waals surface area contributed by atoms with Crippen LogP contribution in [0.25, 0.3) is 10.8 Å². The molecule has 0 radical (unpaired) electrons. The summed E-state index contributed by atoms with van der Waals surface area (Å²) in [5, 5.41) is 11.0. The molecule has 0 atom stereocenters. The highest BCUT2D eigenvalue weighted by atomic mass is 79.9. The van der Waals surface area contributed by atoms with Crippen molar-refractivity contribution in [3.63, 3.8) is 0 Å². The molecule has 0 aromatic heterocycles. The van der Waals surface area contributed by atoms with Crippen LogP contribution >= 0.6 is 15.9 Å². The summed E-state index contributed by atoms with van der Waals surface area (Å²) in [6, 6.07) is 30.6. The van der Waals surface area contributed by atoms with E-state index in [9.17, 15) is 18.8 Å². The molecule has 5 aromatic rings. The molecule has 0 saturated carbocycles. The lowest BCUT2D eigenvalue weighted by Crippen LogP contribution is -2.33. The van der Waals surface area contributed by atoms with Gasteiger partial charge in [-0.05, 0) is 70.9 Å². The number of fused-ring (bicyclic) bond motifs is 1. The number of carbonyl (C=O) groups is 3. The summed E-state index contributed by atoms with van der Waals surface area (Å²) < 4.78 is 20.1. The van der Waals surface area contributed by atoms with Gasteiger partial charge >= 0.3 is 11.8 Å². The van der Waals surface area contributed by atoms with Crippen molar-refractivity contribution >= 4 is 62.0 Å². The first-order chi connectivity index (χ1) is 20.9. The zero-order valence-corrected chi connectivity index (χ0v) is 24.1. The molecule has 5 rings (SSSR count). The maximum atomic E-state index is 13.3. The van der Waals surface area contributed by atoms with Crippen LogP contribution in [0.5, 0.6) is 5.75 Å². The summed E-state index contributed by atoms with van der Waals surface area (Å²) >= 11 is 3.35. The molecule has 3 N–H and O–H groups in total. The van der Waals surface area contributed by atoms with Crippen molar-refractivity contribution in [3.05, 3.63) is 136 Å². The number of anilines is 2. The molecule has 0 spiro atoms. The number of nitrogens with zero attached hydrogens (tertiary/aromatic N) is 1. The molecule has 8 nitrogen and oxygen atoms in total. The first-order valence-corrected chi connectivity index (χ1v) is 13.9. The van der Waals surface area contributed by atoms with Gasteiger partial charge in [-0.25, -0.2) is 9.82 Å². The zero-order valence-electron chi connectivity index (χ0n) is 22.5. The molecule has 0 aliphatic heterocycles. The van der Waals surface area contributed by atoms with E-state index in [1.807, 2.05) is 30.3 Å². The fourth-order valence-corrected chi connectivity index (χ4v) is 4.45. The van der Waals surface area contributed by atoms with Crippen LogP contribution < -0.4 is 20.8 Å². The van der Waals surface area contributed by atoms with Crippen LogP contribution in [-0.4, -0.2) is 23.9 Å². The molecule has 0 saturated heterocycles. The van der Waals surface area contributed by atoms with Gasteiger partial charge in [0.25, 0.3) is 5.91 Å². The van der Waals surface area contributed by atoms with Gasteiger partial charge in [-0.2, -0.15) is 5.10 Å². The van der Waals surface area contributed by atoms with Gasteiger partial charge in [0.1, 0.15) is 18.2 Å². The lowest BCUT2D eigenvalue weighted by molar-refractivity contribution is -0.136. The van der Waals surface area contributed by atoms with Gasteiger partial charge in [-0.3, -0.25) is 14.4 Å². The van der Waals surface area contributed by atoms with Gasteiger partial charge in [0.15, 0.2) is 0 Å². The standard InChI is InChI=1S/C33H24BrFN4O4/c34-23-12-16-25(17-13-23)37-31(40)27-7-3-4-8-29(27)38-32(41)33(42)39-36-19-28-26-6-2-1-5-22(26)11-18-30(28)43-20-21-9-14-24(35)15-10-21/h1-19H,20H2,(H,37,40)(H,38,41)(H,39,42). The minimum atomic E-state index is -1.03. The fraction of sp³-hybridized carbons (Fsp3) is 0.0303. The van der Waals surface area contributed by atoms with Crippen molar-refractivity contribution in [2.45, 2.75) is 6.61 Å². The van der Waals surface area contributed by atoms with Crippen LogP contribution in [0.3, 0.4) is 0 Å². The lowest BCUT2D eigenvalue weighted by Gasteiger charge is -2.12. The third-order valence-corrected chi connectivity index (χ3v) is 6.85. The number of nitrogens with one attached hydrogen (secondary N) is 3. The number of rotatable bonds is 8. The normalized spacial score (nSPS) is 10.8. The van der Waals surface area contributed by atoms with Gasteiger partial charge in [0.2, 0.25) is 0 Å². The monoisotopic (exact) mass is 638 g/mol. The summed E-state index contributed by atoms with van der Waals surface area (Å²) in [6.07, 6.45) is 1.40. The van der Waals surface area contributed by atoms with E-state index in [1.54, 1.807) is 54.6 Å². The summed E-state index contributed by atoms with van der Waals surface area (Å²) in [7, 11) is 0. The number of amides is 3. The van der Waals surface area contributed by atoms with E-state index in [1.165, 1.54) is 30.5 Å². The van der Waals surface area contributed by atoms with Crippen molar-refractivity contribution in [3.8, 4) is 5.75 Å². The second-order valence-electron chi connectivity index (χ2n) is 9.27. The number of para-hydroxylation sites is 1. The van der Waals surface area contributed by atoms with E-state index in [0.29, 0.717) is 17.0 Å². The highest BCUT2D eigenvalue weighted by molar-refractivity contribution is 9.10. The van der Waals surface area contributed by atoms with Gasteiger partial charge in [-0.15, -0.1) is 0 Å². The van der Waals surface area contributed by atoms with E-state index < -0.39 is 17.7 Å². The molecule has 0 aliphatic carbocycles. The van der Waals surface area contributed by atoms with E-state index in [4.69, 9.17) is 4.74 Å². The minimum Gasteiger partial charge on any atom is -0.488 e. The average molecular weight is 639 g/mol. The van der Waals surface area contributed by atoms with Gasteiger partial charge in [0, 0.05) is 15.7 Å². The average Bonchev–Trinajstić information content (AvgIpc) is 3.02. The molecule has 0 aliphatic rings. The molecular formula is C33H24BrFN4O4. The third kappa shape index (κ3) is 7.49. The van der Waals surface area contributed by atoms with E-state index in [-0.39, 0.29) is 23.7 Å². The van der Waals surface area contributed by atoms with E-state index in [2.05, 4.69) is 37.1 Å². The predicted molar refractivity (Wildman–Crippen MR) is 168 cm³/mol. The number of halogens is 2. The van der Waals surface area contributed by atoms with Crippen molar-refractivity contribution in [2.24, 2.45) is 5.10 Å². The summed E-state index contributed by atoms with van der Waals surface area (Å²) in [5.41, 5.74) is 4.48.